The Balaban J connectivity index is 4.32. The summed E-state index contributed by atoms with van der Waals surface area (Å²) in [5, 5.41) is 0. The first-order chi connectivity index (χ1) is 37.5. The summed E-state index contributed by atoms with van der Waals surface area (Å²) < 4.78 is 16.9. The molecule has 1 atom stereocenters. The van der Waals surface area contributed by atoms with Crippen LogP contribution in [0.5, 0.6) is 0 Å². The minimum absolute atomic E-state index is 0.0834. The van der Waals surface area contributed by atoms with Gasteiger partial charge in [0.1, 0.15) is 13.2 Å². The largest absolute Gasteiger partial charge is 0.462 e. The topological polar surface area (TPSA) is 78.9 Å². The van der Waals surface area contributed by atoms with Gasteiger partial charge >= 0.3 is 17.9 Å². The fraction of sp³-hybridized carbons (Fsp3) is 0.757. The van der Waals surface area contributed by atoms with Crippen molar-refractivity contribution in [3.63, 3.8) is 0 Å². The monoisotopic (exact) mass is 1060 g/mol. The maximum atomic E-state index is 12.9. The molecule has 76 heavy (non-hydrogen) atoms. The zero-order valence-electron chi connectivity index (χ0n) is 50.3. The standard InChI is InChI=1S/C70H122O6/c1-4-7-10-13-16-19-22-25-27-29-31-33-35-37-39-41-43-45-48-51-54-57-60-63-69(72)75-66-67(65-74-68(71)62-59-56-53-50-47-24-21-18-15-12-9-6-3)76-70(73)64-61-58-55-52-49-46-44-42-40-38-36-34-32-30-28-26-23-20-17-14-11-8-5-2/h7,10,16,18-19,21,25,27,30-33,37,39,67H,4-6,8-9,11-15,17,20,22-24,26,28-29,34-36,38,40-66H2,1-3H3/b10-7-,19-16-,21-18-,27-25-,32-30-,33-31-,39-37-. The van der Waals surface area contributed by atoms with Gasteiger partial charge in [0, 0.05) is 19.3 Å². The second-order valence-corrected chi connectivity index (χ2v) is 21.6. The van der Waals surface area contributed by atoms with E-state index in [1.54, 1.807) is 0 Å². The molecule has 0 saturated carbocycles. The molecular formula is C70H122O6. The quantitative estimate of drug-likeness (QED) is 0.0261. The van der Waals surface area contributed by atoms with Gasteiger partial charge in [-0.3, -0.25) is 14.4 Å². The summed E-state index contributed by atoms with van der Waals surface area (Å²) in [6.45, 7) is 6.52. The Morgan fingerprint density at radius 2 is 0.513 bits per heavy atom. The maximum absolute atomic E-state index is 12.9. The Morgan fingerprint density at radius 1 is 0.276 bits per heavy atom. The number of unbranched alkanes of at least 4 members (excludes halogenated alkanes) is 34. The molecule has 0 aliphatic heterocycles. The summed E-state index contributed by atoms with van der Waals surface area (Å²) in [6.07, 6.45) is 84.5. The van der Waals surface area contributed by atoms with E-state index in [0.717, 1.165) is 103 Å². The van der Waals surface area contributed by atoms with E-state index in [9.17, 15) is 14.4 Å². The average molecular weight is 1060 g/mol. The van der Waals surface area contributed by atoms with Crippen LogP contribution in [0.25, 0.3) is 0 Å². The van der Waals surface area contributed by atoms with E-state index >= 15 is 0 Å². The van der Waals surface area contributed by atoms with Gasteiger partial charge in [-0.2, -0.15) is 0 Å². The van der Waals surface area contributed by atoms with Crippen molar-refractivity contribution in [3.05, 3.63) is 85.1 Å². The van der Waals surface area contributed by atoms with Crippen molar-refractivity contribution in [2.24, 2.45) is 0 Å². The fourth-order valence-corrected chi connectivity index (χ4v) is 9.23. The lowest BCUT2D eigenvalue weighted by molar-refractivity contribution is -0.167. The summed E-state index contributed by atoms with van der Waals surface area (Å²) in [5.41, 5.74) is 0. The fourth-order valence-electron chi connectivity index (χ4n) is 9.23. The molecule has 0 aromatic rings. The first-order valence-corrected chi connectivity index (χ1v) is 32.6. The number of hydrogen-bond donors (Lipinski definition) is 0. The van der Waals surface area contributed by atoms with Crippen LogP contribution in [0.1, 0.15) is 323 Å². The van der Waals surface area contributed by atoms with Crippen LogP contribution in [0.2, 0.25) is 0 Å². The summed E-state index contributed by atoms with van der Waals surface area (Å²) in [7, 11) is 0. The van der Waals surface area contributed by atoms with Gasteiger partial charge in [-0.05, 0) is 116 Å². The maximum Gasteiger partial charge on any atom is 0.306 e. The molecular weight excluding hydrogens is 937 g/mol. The summed E-state index contributed by atoms with van der Waals surface area (Å²) in [4.78, 5) is 38.3. The van der Waals surface area contributed by atoms with Gasteiger partial charge in [-0.1, -0.05) is 273 Å². The highest BCUT2D eigenvalue weighted by Gasteiger charge is 2.19. The van der Waals surface area contributed by atoms with Gasteiger partial charge in [0.25, 0.3) is 0 Å². The minimum atomic E-state index is -0.786. The van der Waals surface area contributed by atoms with E-state index in [1.807, 2.05) is 0 Å². The van der Waals surface area contributed by atoms with Crippen molar-refractivity contribution < 1.29 is 28.6 Å². The van der Waals surface area contributed by atoms with E-state index in [-0.39, 0.29) is 31.1 Å². The molecule has 0 bridgehead atoms. The SMILES string of the molecule is CC/C=C\C/C=C\C/C=C\C/C=C\C/C=C\CCCCCCCCCC(=O)OCC(COC(=O)CCCCCCC/C=C\CCCCC)OC(=O)CCCCCCCCCCCCC/C=C\CCCCCCCCCC. The highest BCUT2D eigenvalue weighted by atomic mass is 16.6. The van der Waals surface area contributed by atoms with Crippen molar-refractivity contribution in [3.8, 4) is 0 Å². The van der Waals surface area contributed by atoms with Gasteiger partial charge in [-0.15, -0.1) is 0 Å². The van der Waals surface area contributed by atoms with E-state index in [2.05, 4.69) is 106 Å². The van der Waals surface area contributed by atoms with Gasteiger partial charge in [0.2, 0.25) is 0 Å². The van der Waals surface area contributed by atoms with Crippen LogP contribution < -0.4 is 0 Å². The van der Waals surface area contributed by atoms with Crippen molar-refractivity contribution in [2.45, 2.75) is 329 Å². The molecule has 0 saturated heterocycles. The number of allylic oxidation sites excluding steroid dienone is 14. The first-order valence-electron chi connectivity index (χ1n) is 32.6. The molecule has 438 valence electrons. The predicted octanol–water partition coefficient (Wildman–Crippen LogP) is 22.3. The van der Waals surface area contributed by atoms with E-state index in [4.69, 9.17) is 14.2 Å². The number of ether oxygens (including phenoxy) is 3. The zero-order valence-corrected chi connectivity index (χ0v) is 50.3. The lowest BCUT2D eigenvalue weighted by atomic mass is 10.0. The summed E-state index contributed by atoms with van der Waals surface area (Å²) in [6, 6.07) is 0. The van der Waals surface area contributed by atoms with Gasteiger partial charge in [0.15, 0.2) is 6.10 Å². The Kier molecular flexibility index (Phi) is 61.2. The normalized spacial score (nSPS) is 12.6. The molecule has 6 nitrogen and oxygen atoms in total. The van der Waals surface area contributed by atoms with Crippen molar-refractivity contribution >= 4 is 17.9 Å². The molecule has 0 aliphatic rings. The van der Waals surface area contributed by atoms with Gasteiger partial charge in [0.05, 0.1) is 0 Å². The second-order valence-electron chi connectivity index (χ2n) is 21.6. The molecule has 1 unspecified atom stereocenters. The van der Waals surface area contributed by atoms with E-state index in [0.29, 0.717) is 19.3 Å². The second kappa shape index (κ2) is 64.1. The van der Waals surface area contributed by atoms with Gasteiger partial charge < -0.3 is 14.2 Å². The van der Waals surface area contributed by atoms with Crippen LogP contribution in [-0.2, 0) is 28.6 Å². The lowest BCUT2D eigenvalue weighted by Crippen LogP contribution is -2.30. The minimum Gasteiger partial charge on any atom is -0.462 e. The molecule has 0 fully saturated rings. The van der Waals surface area contributed by atoms with Crippen LogP contribution in [-0.4, -0.2) is 37.2 Å². The van der Waals surface area contributed by atoms with Crippen molar-refractivity contribution in [1.82, 2.24) is 0 Å². The van der Waals surface area contributed by atoms with E-state index < -0.39 is 6.10 Å². The van der Waals surface area contributed by atoms with Crippen LogP contribution in [0.15, 0.2) is 85.1 Å². The van der Waals surface area contributed by atoms with Crippen LogP contribution in [0.4, 0.5) is 0 Å². The summed E-state index contributed by atoms with van der Waals surface area (Å²) >= 11 is 0. The molecule has 0 aromatic heterocycles. The molecule has 0 aliphatic carbocycles. The number of hydrogen-bond acceptors (Lipinski definition) is 6. The number of carbonyl (C=O) groups excluding carboxylic acids is 3. The van der Waals surface area contributed by atoms with Crippen molar-refractivity contribution in [2.75, 3.05) is 13.2 Å². The Bertz CT molecular complexity index is 1450. The predicted molar refractivity (Wildman–Crippen MR) is 330 cm³/mol. The van der Waals surface area contributed by atoms with E-state index in [1.165, 1.54) is 180 Å². The highest BCUT2D eigenvalue weighted by molar-refractivity contribution is 5.71. The summed E-state index contributed by atoms with van der Waals surface area (Å²) in [5.74, 6) is -0.891. The lowest BCUT2D eigenvalue weighted by Gasteiger charge is -2.18. The molecule has 0 aromatic carbocycles. The molecule has 0 spiro atoms. The third-order valence-corrected chi connectivity index (χ3v) is 14.1. The molecule has 0 N–H and O–H groups in total. The third kappa shape index (κ3) is 61.4. The Hall–Kier alpha value is -3.41. The van der Waals surface area contributed by atoms with Crippen LogP contribution in [0, 0.1) is 0 Å². The Morgan fingerprint density at radius 3 is 0.842 bits per heavy atom. The van der Waals surface area contributed by atoms with Crippen LogP contribution in [0.3, 0.4) is 0 Å². The zero-order chi connectivity index (χ0) is 55.0. The average Bonchev–Trinajstić information content (AvgIpc) is 3.42. The van der Waals surface area contributed by atoms with Gasteiger partial charge in [-0.25, -0.2) is 0 Å². The molecule has 0 amide bonds. The third-order valence-electron chi connectivity index (χ3n) is 14.1. The van der Waals surface area contributed by atoms with Crippen molar-refractivity contribution in [1.29, 1.82) is 0 Å². The Labute approximate surface area is 471 Å². The smallest absolute Gasteiger partial charge is 0.306 e. The van der Waals surface area contributed by atoms with Crippen LogP contribution >= 0.6 is 0 Å². The number of esters is 3. The highest BCUT2D eigenvalue weighted by Crippen LogP contribution is 2.16. The molecule has 0 rings (SSSR count). The molecule has 0 heterocycles. The number of carbonyl (C=O) groups is 3. The molecule has 6 heteroatoms. The number of rotatable bonds is 59. The molecule has 0 radical (unpaired) electrons. The first kappa shape index (κ1) is 72.6.